The van der Waals surface area contributed by atoms with Gasteiger partial charge in [-0.15, -0.1) is 6.58 Å². The van der Waals surface area contributed by atoms with E-state index in [0.29, 0.717) is 6.54 Å². The summed E-state index contributed by atoms with van der Waals surface area (Å²) in [6.45, 7) is 6.22. The highest BCUT2D eigenvalue weighted by Gasteiger charge is 2.35. The SMILES string of the molecule is C=CCC(NC(=O)NCC1(CC)CCC1)C(=O)O. The first-order valence-electron chi connectivity index (χ1n) is 6.41. The predicted molar refractivity (Wildman–Crippen MR) is 69.3 cm³/mol. The average Bonchev–Trinajstić information content (AvgIpc) is 2.27. The minimum atomic E-state index is -1.04. The van der Waals surface area contributed by atoms with Crippen LogP contribution in [0.5, 0.6) is 0 Å². The standard InChI is InChI=1S/C13H22N2O3/c1-3-6-10(11(16)17)15-12(18)14-9-13(4-2)7-5-8-13/h3,10H,1,4-9H2,2H3,(H,16,17)(H2,14,15,18). The Morgan fingerprint density at radius 1 is 1.50 bits per heavy atom. The largest absolute Gasteiger partial charge is 0.480 e. The van der Waals surface area contributed by atoms with E-state index >= 15 is 0 Å². The minimum absolute atomic E-state index is 0.224. The molecular formula is C13H22N2O3. The molecule has 5 heteroatoms. The number of hydrogen-bond acceptors (Lipinski definition) is 2. The van der Waals surface area contributed by atoms with Crippen molar-refractivity contribution in [2.75, 3.05) is 6.54 Å². The Bertz CT molecular complexity index is 319. The van der Waals surface area contributed by atoms with E-state index in [2.05, 4.69) is 24.1 Å². The quantitative estimate of drug-likeness (QED) is 0.607. The average molecular weight is 254 g/mol. The van der Waals surface area contributed by atoms with Crippen LogP contribution in [0.25, 0.3) is 0 Å². The van der Waals surface area contributed by atoms with E-state index in [1.54, 1.807) is 0 Å². The van der Waals surface area contributed by atoms with Gasteiger partial charge < -0.3 is 15.7 Å². The van der Waals surface area contributed by atoms with E-state index in [0.717, 1.165) is 19.3 Å². The molecule has 1 atom stereocenters. The number of rotatable bonds is 7. The van der Waals surface area contributed by atoms with Crippen molar-refractivity contribution in [1.82, 2.24) is 10.6 Å². The molecule has 1 rings (SSSR count). The van der Waals surface area contributed by atoms with Crippen molar-refractivity contribution < 1.29 is 14.7 Å². The Morgan fingerprint density at radius 2 is 2.17 bits per heavy atom. The molecule has 18 heavy (non-hydrogen) atoms. The number of carbonyl (C=O) groups is 2. The maximum Gasteiger partial charge on any atom is 0.326 e. The number of nitrogens with one attached hydrogen (secondary N) is 2. The van der Waals surface area contributed by atoms with E-state index in [4.69, 9.17) is 5.11 Å². The summed E-state index contributed by atoms with van der Waals surface area (Å²) < 4.78 is 0. The van der Waals surface area contributed by atoms with Gasteiger partial charge in [-0.1, -0.05) is 19.4 Å². The fourth-order valence-corrected chi connectivity index (χ4v) is 2.20. The molecule has 0 saturated heterocycles. The van der Waals surface area contributed by atoms with Crippen LogP contribution in [0.2, 0.25) is 0 Å². The van der Waals surface area contributed by atoms with E-state index in [1.807, 2.05) is 0 Å². The molecule has 0 aromatic heterocycles. The summed E-state index contributed by atoms with van der Waals surface area (Å²) in [4.78, 5) is 22.5. The van der Waals surface area contributed by atoms with Crippen LogP contribution in [0.15, 0.2) is 12.7 Å². The third kappa shape index (κ3) is 3.75. The van der Waals surface area contributed by atoms with Crippen LogP contribution in [-0.4, -0.2) is 29.7 Å². The molecule has 1 saturated carbocycles. The topological polar surface area (TPSA) is 78.4 Å². The van der Waals surface area contributed by atoms with Crippen LogP contribution in [0.4, 0.5) is 4.79 Å². The smallest absolute Gasteiger partial charge is 0.326 e. The van der Waals surface area contributed by atoms with Crippen molar-refractivity contribution in [3.63, 3.8) is 0 Å². The molecule has 1 fully saturated rings. The molecular weight excluding hydrogens is 232 g/mol. The van der Waals surface area contributed by atoms with Crippen molar-refractivity contribution in [1.29, 1.82) is 0 Å². The molecule has 102 valence electrons. The molecule has 1 aliphatic rings. The Labute approximate surface area is 108 Å². The van der Waals surface area contributed by atoms with Gasteiger partial charge in [0.15, 0.2) is 0 Å². The van der Waals surface area contributed by atoms with Gasteiger partial charge in [0.25, 0.3) is 0 Å². The van der Waals surface area contributed by atoms with E-state index in [9.17, 15) is 9.59 Å². The number of urea groups is 1. The summed E-state index contributed by atoms with van der Waals surface area (Å²) in [6.07, 6.45) is 6.24. The lowest BCUT2D eigenvalue weighted by Gasteiger charge is -2.41. The summed E-state index contributed by atoms with van der Waals surface area (Å²) >= 11 is 0. The minimum Gasteiger partial charge on any atom is -0.480 e. The Morgan fingerprint density at radius 3 is 2.56 bits per heavy atom. The summed E-state index contributed by atoms with van der Waals surface area (Å²) in [6, 6.07) is -1.31. The van der Waals surface area contributed by atoms with Gasteiger partial charge in [-0.25, -0.2) is 9.59 Å². The van der Waals surface area contributed by atoms with Crippen LogP contribution in [0.1, 0.15) is 39.0 Å². The van der Waals surface area contributed by atoms with Crippen LogP contribution in [0.3, 0.4) is 0 Å². The van der Waals surface area contributed by atoms with E-state index in [1.165, 1.54) is 12.5 Å². The third-order valence-electron chi connectivity index (χ3n) is 3.79. The van der Waals surface area contributed by atoms with Gasteiger partial charge in [-0.2, -0.15) is 0 Å². The second-order valence-electron chi connectivity index (χ2n) is 4.95. The molecule has 2 amide bonds. The Balaban J connectivity index is 2.36. The lowest BCUT2D eigenvalue weighted by Crippen LogP contribution is -2.49. The van der Waals surface area contributed by atoms with Crippen LogP contribution >= 0.6 is 0 Å². The second-order valence-corrected chi connectivity index (χ2v) is 4.95. The maximum absolute atomic E-state index is 11.6. The lowest BCUT2D eigenvalue weighted by molar-refractivity contribution is -0.139. The van der Waals surface area contributed by atoms with Gasteiger partial charge in [-0.3, -0.25) is 0 Å². The molecule has 1 unspecified atom stereocenters. The predicted octanol–water partition coefficient (Wildman–Crippen LogP) is 1.90. The fraction of sp³-hybridized carbons (Fsp3) is 0.692. The molecule has 0 bridgehead atoms. The number of carbonyl (C=O) groups excluding carboxylic acids is 1. The van der Waals surface area contributed by atoms with Gasteiger partial charge in [-0.05, 0) is 31.1 Å². The zero-order valence-electron chi connectivity index (χ0n) is 10.9. The summed E-state index contributed by atoms with van der Waals surface area (Å²) in [5, 5.41) is 14.1. The number of carboxylic acids is 1. The van der Waals surface area contributed by atoms with Gasteiger partial charge in [0.2, 0.25) is 0 Å². The first kappa shape index (κ1) is 14.5. The zero-order chi connectivity index (χ0) is 13.6. The second kappa shape index (κ2) is 6.42. The van der Waals surface area contributed by atoms with Crippen molar-refractivity contribution >= 4 is 12.0 Å². The van der Waals surface area contributed by atoms with Gasteiger partial charge in [0, 0.05) is 6.54 Å². The molecule has 1 aliphatic carbocycles. The highest BCUT2D eigenvalue weighted by molar-refractivity contribution is 5.82. The maximum atomic E-state index is 11.6. The van der Waals surface area contributed by atoms with Crippen LogP contribution in [-0.2, 0) is 4.79 Å². The van der Waals surface area contributed by atoms with Crippen molar-refractivity contribution in [2.24, 2.45) is 5.41 Å². The normalized spacial score (nSPS) is 18.3. The fourth-order valence-electron chi connectivity index (χ4n) is 2.20. The van der Waals surface area contributed by atoms with Gasteiger partial charge in [0.1, 0.15) is 6.04 Å². The zero-order valence-corrected chi connectivity index (χ0v) is 10.9. The van der Waals surface area contributed by atoms with Crippen molar-refractivity contribution in [3.05, 3.63) is 12.7 Å². The summed E-state index contributed by atoms with van der Waals surface area (Å²) in [7, 11) is 0. The molecule has 5 nitrogen and oxygen atoms in total. The van der Waals surface area contributed by atoms with Gasteiger partial charge in [0.05, 0.1) is 0 Å². The number of aliphatic carboxylic acids is 1. The molecule has 0 heterocycles. The monoisotopic (exact) mass is 254 g/mol. The number of hydrogen-bond donors (Lipinski definition) is 3. The number of amides is 2. The third-order valence-corrected chi connectivity index (χ3v) is 3.79. The molecule has 0 aromatic carbocycles. The number of carboxylic acid groups (broad SMARTS) is 1. The summed E-state index contributed by atoms with van der Waals surface area (Å²) in [5.41, 5.74) is 0.231. The van der Waals surface area contributed by atoms with Crippen LogP contribution in [0, 0.1) is 5.41 Å². The van der Waals surface area contributed by atoms with E-state index < -0.39 is 18.0 Å². The molecule has 0 aromatic rings. The van der Waals surface area contributed by atoms with E-state index in [-0.39, 0.29) is 11.8 Å². The Hall–Kier alpha value is -1.52. The van der Waals surface area contributed by atoms with Crippen LogP contribution < -0.4 is 10.6 Å². The first-order valence-corrected chi connectivity index (χ1v) is 6.41. The Kier molecular flexibility index (Phi) is 5.19. The lowest BCUT2D eigenvalue weighted by atomic mass is 9.67. The summed E-state index contributed by atoms with van der Waals surface area (Å²) in [5.74, 6) is -1.04. The molecule has 3 N–H and O–H groups in total. The molecule has 0 aliphatic heterocycles. The molecule has 0 radical (unpaired) electrons. The first-order chi connectivity index (χ1) is 8.53. The van der Waals surface area contributed by atoms with Gasteiger partial charge >= 0.3 is 12.0 Å². The highest BCUT2D eigenvalue weighted by atomic mass is 16.4. The highest BCUT2D eigenvalue weighted by Crippen LogP contribution is 2.42. The van der Waals surface area contributed by atoms with Crippen molar-refractivity contribution in [3.8, 4) is 0 Å². The molecule has 0 spiro atoms. The van der Waals surface area contributed by atoms with Crippen molar-refractivity contribution in [2.45, 2.75) is 45.1 Å².